The molecule has 2 aromatic carbocycles. The fourth-order valence-electron chi connectivity index (χ4n) is 3.66. The van der Waals surface area contributed by atoms with Gasteiger partial charge in [-0.05, 0) is 62.6 Å². The predicted octanol–water partition coefficient (Wildman–Crippen LogP) is 5.46. The van der Waals surface area contributed by atoms with Crippen LogP contribution < -0.4 is 20.1 Å². The van der Waals surface area contributed by atoms with E-state index in [1.807, 2.05) is 13.8 Å². The molecule has 1 saturated carbocycles. The van der Waals surface area contributed by atoms with E-state index in [9.17, 15) is 9.59 Å². The summed E-state index contributed by atoms with van der Waals surface area (Å²) in [4.78, 5) is 25.2. The summed E-state index contributed by atoms with van der Waals surface area (Å²) in [6, 6.07) is 10.6. The lowest BCUT2D eigenvalue weighted by Gasteiger charge is -2.15. The molecule has 0 aliphatic heterocycles. The summed E-state index contributed by atoms with van der Waals surface area (Å²) in [7, 11) is 1.53. The topological polar surface area (TPSA) is 76.7 Å². The molecule has 1 fully saturated rings. The Morgan fingerprint density at radius 2 is 1.88 bits per heavy atom. The number of hydrogen-bond donors (Lipinski definition) is 2. The fraction of sp³-hybridized carbons (Fsp3) is 0.360. The van der Waals surface area contributed by atoms with E-state index < -0.39 is 0 Å². The molecular weight excluding hydrogens is 428 g/mol. The summed E-state index contributed by atoms with van der Waals surface area (Å²) in [5.41, 5.74) is 1.60. The summed E-state index contributed by atoms with van der Waals surface area (Å²) >= 11 is 6.34. The third-order valence-corrected chi connectivity index (χ3v) is 5.43. The van der Waals surface area contributed by atoms with Crippen LogP contribution in [0.25, 0.3) is 6.08 Å². The quantitative estimate of drug-likeness (QED) is 0.517. The van der Waals surface area contributed by atoms with E-state index in [2.05, 4.69) is 10.6 Å². The second-order valence-corrected chi connectivity index (χ2v) is 8.43. The van der Waals surface area contributed by atoms with Crippen molar-refractivity contribution in [2.24, 2.45) is 0 Å². The molecule has 0 bridgehead atoms. The number of carbonyl (C=O) groups excluding carboxylic acids is 2. The van der Waals surface area contributed by atoms with Crippen molar-refractivity contribution in [3.05, 3.63) is 58.6 Å². The molecule has 32 heavy (non-hydrogen) atoms. The average Bonchev–Trinajstić information content (AvgIpc) is 3.27. The number of nitrogens with one attached hydrogen (secondary N) is 2. The summed E-state index contributed by atoms with van der Waals surface area (Å²) in [6.45, 7) is 3.81. The lowest BCUT2D eigenvalue weighted by Crippen LogP contribution is -2.33. The molecule has 0 heterocycles. The Balaban J connectivity index is 1.71. The van der Waals surface area contributed by atoms with Crippen LogP contribution in [0.1, 0.15) is 55.5 Å². The third-order valence-electron chi connectivity index (χ3n) is 5.15. The van der Waals surface area contributed by atoms with Crippen molar-refractivity contribution in [1.82, 2.24) is 5.32 Å². The van der Waals surface area contributed by atoms with Crippen LogP contribution >= 0.6 is 11.6 Å². The number of hydrogen-bond acceptors (Lipinski definition) is 4. The molecule has 0 saturated heterocycles. The van der Waals surface area contributed by atoms with Crippen LogP contribution in [0.5, 0.6) is 11.5 Å². The van der Waals surface area contributed by atoms with Gasteiger partial charge >= 0.3 is 0 Å². The fourth-order valence-corrected chi connectivity index (χ4v) is 3.92. The van der Waals surface area contributed by atoms with Crippen molar-refractivity contribution in [1.29, 1.82) is 0 Å². The van der Waals surface area contributed by atoms with E-state index in [-0.39, 0.29) is 24.0 Å². The van der Waals surface area contributed by atoms with E-state index in [1.165, 1.54) is 13.2 Å². The maximum atomic E-state index is 12.7. The maximum Gasteiger partial charge on any atom is 0.253 e. The zero-order valence-electron chi connectivity index (χ0n) is 18.6. The zero-order chi connectivity index (χ0) is 23.1. The van der Waals surface area contributed by atoms with Crippen molar-refractivity contribution in [2.45, 2.75) is 51.7 Å². The zero-order valence-corrected chi connectivity index (χ0v) is 19.4. The van der Waals surface area contributed by atoms with Crippen LogP contribution in [-0.4, -0.2) is 31.1 Å². The molecule has 2 N–H and O–H groups in total. The number of benzene rings is 2. The van der Waals surface area contributed by atoms with Crippen LogP contribution in [0.15, 0.2) is 42.5 Å². The van der Waals surface area contributed by atoms with E-state index in [0.29, 0.717) is 33.3 Å². The van der Waals surface area contributed by atoms with E-state index in [1.54, 1.807) is 42.5 Å². The molecule has 0 radical (unpaired) electrons. The van der Waals surface area contributed by atoms with Gasteiger partial charge in [-0.2, -0.15) is 0 Å². The Morgan fingerprint density at radius 1 is 1.16 bits per heavy atom. The third kappa shape index (κ3) is 6.26. The molecule has 2 amide bonds. The monoisotopic (exact) mass is 456 g/mol. The molecule has 2 aromatic rings. The number of anilines is 1. The molecule has 0 unspecified atom stereocenters. The smallest absolute Gasteiger partial charge is 0.253 e. The number of methoxy groups -OCH3 is 1. The molecule has 0 spiro atoms. The second-order valence-electron chi connectivity index (χ2n) is 8.02. The molecule has 7 heteroatoms. The van der Waals surface area contributed by atoms with E-state index in [0.717, 1.165) is 25.7 Å². The van der Waals surface area contributed by atoms with E-state index in [4.69, 9.17) is 21.1 Å². The molecule has 1 aliphatic rings. The summed E-state index contributed by atoms with van der Waals surface area (Å²) in [5.74, 6) is 0.422. The van der Waals surface area contributed by atoms with Gasteiger partial charge in [0.1, 0.15) is 0 Å². The minimum atomic E-state index is -0.358. The Morgan fingerprint density at radius 3 is 2.56 bits per heavy atom. The van der Waals surface area contributed by atoms with Gasteiger partial charge in [0, 0.05) is 12.1 Å². The molecule has 170 valence electrons. The van der Waals surface area contributed by atoms with Crippen molar-refractivity contribution < 1.29 is 19.1 Å². The average molecular weight is 457 g/mol. The van der Waals surface area contributed by atoms with Crippen molar-refractivity contribution in [3.63, 3.8) is 0 Å². The van der Waals surface area contributed by atoms with Crippen molar-refractivity contribution >= 4 is 35.2 Å². The minimum absolute atomic E-state index is 0.0560. The highest BCUT2D eigenvalue weighted by molar-refractivity contribution is 6.32. The standard InChI is InChI=1S/C25H29ClN2O4/c1-16(2)32-24-20(26)14-17(15-22(24)31-3)12-13-23(29)28-21-11-7-6-10-19(21)25(30)27-18-8-4-5-9-18/h6-7,10-16,18H,4-5,8-9H2,1-3H3,(H,27,30)(H,28,29)/b13-12+. The van der Waals surface area contributed by atoms with Crippen LogP contribution in [0.4, 0.5) is 5.69 Å². The van der Waals surface area contributed by atoms with Crippen LogP contribution in [0.3, 0.4) is 0 Å². The van der Waals surface area contributed by atoms with Crippen molar-refractivity contribution in [3.8, 4) is 11.5 Å². The summed E-state index contributed by atoms with van der Waals surface area (Å²) in [6.07, 6.45) is 7.22. The first kappa shape index (κ1) is 23.7. The molecule has 1 aliphatic carbocycles. The Labute approximate surface area is 193 Å². The van der Waals surface area contributed by atoms with Crippen LogP contribution in [0.2, 0.25) is 5.02 Å². The largest absolute Gasteiger partial charge is 0.493 e. The van der Waals surface area contributed by atoms with Gasteiger partial charge in [-0.3, -0.25) is 9.59 Å². The van der Waals surface area contributed by atoms with Gasteiger partial charge in [-0.1, -0.05) is 36.6 Å². The Hall–Kier alpha value is -2.99. The first-order chi connectivity index (χ1) is 15.4. The number of halogens is 1. The number of ether oxygens (including phenoxy) is 2. The molecule has 3 rings (SSSR count). The molecule has 6 nitrogen and oxygen atoms in total. The molecular formula is C25H29ClN2O4. The minimum Gasteiger partial charge on any atom is -0.493 e. The maximum absolute atomic E-state index is 12.7. The van der Waals surface area contributed by atoms with Crippen molar-refractivity contribution in [2.75, 3.05) is 12.4 Å². The van der Waals surface area contributed by atoms with Gasteiger partial charge in [0.15, 0.2) is 11.5 Å². The van der Waals surface area contributed by atoms with Gasteiger partial charge in [0.2, 0.25) is 5.91 Å². The van der Waals surface area contributed by atoms with Gasteiger partial charge in [0.25, 0.3) is 5.91 Å². The second kappa shape index (κ2) is 11.0. The lowest BCUT2D eigenvalue weighted by molar-refractivity contribution is -0.111. The van der Waals surface area contributed by atoms with Gasteiger partial charge in [-0.15, -0.1) is 0 Å². The number of rotatable bonds is 8. The number of amides is 2. The first-order valence-corrected chi connectivity index (χ1v) is 11.2. The Bertz CT molecular complexity index is 997. The highest BCUT2D eigenvalue weighted by Gasteiger charge is 2.20. The SMILES string of the molecule is COc1cc(/C=C/C(=O)Nc2ccccc2C(=O)NC2CCCC2)cc(Cl)c1OC(C)C. The lowest BCUT2D eigenvalue weighted by atomic mass is 10.1. The van der Waals surface area contributed by atoms with Gasteiger partial charge in [-0.25, -0.2) is 0 Å². The molecule has 0 atom stereocenters. The normalized spacial score (nSPS) is 14.0. The summed E-state index contributed by atoms with van der Waals surface area (Å²) in [5, 5.41) is 6.24. The Kier molecular flexibility index (Phi) is 8.17. The number of carbonyl (C=O) groups is 2. The van der Waals surface area contributed by atoms with Gasteiger partial charge < -0.3 is 20.1 Å². The van der Waals surface area contributed by atoms with E-state index >= 15 is 0 Å². The van der Waals surface area contributed by atoms with Gasteiger partial charge in [0.05, 0.1) is 29.5 Å². The highest BCUT2D eigenvalue weighted by atomic mass is 35.5. The van der Waals surface area contributed by atoms with Crippen LogP contribution in [-0.2, 0) is 4.79 Å². The first-order valence-electron chi connectivity index (χ1n) is 10.8. The number of para-hydroxylation sites is 1. The highest BCUT2D eigenvalue weighted by Crippen LogP contribution is 2.37. The van der Waals surface area contributed by atoms with Crippen LogP contribution in [0, 0.1) is 0 Å². The predicted molar refractivity (Wildman–Crippen MR) is 128 cm³/mol. The molecule has 0 aromatic heterocycles. The summed E-state index contributed by atoms with van der Waals surface area (Å²) < 4.78 is 11.1.